The molecule has 2 unspecified atom stereocenters. The minimum Gasteiger partial charge on any atom is -0.545 e. The topological polar surface area (TPSA) is 111 Å². The third-order valence-electron chi connectivity index (χ3n) is 16.3. The van der Waals surface area contributed by atoms with E-state index >= 15 is 0 Å². The molecule has 0 aromatic carbocycles. The molecule has 89 heavy (non-hydrogen) atoms. The Balaban J connectivity index is 4.09. The summed E-state index contributed by atoms with van der Waals surface area (Å²) in [4.78, 5) is 37.5. The van der Waals surface area contributed by atoms with E-state index in [2.05, 4.69) is 111 Å². The minimum atomic E-state index is -1.63. The number of carbonyl (C=O) groups excluding carboxylic acids is 3. The minimum absolute atomic E-state index is 0.144. The lowest BCUT2D eigenvalue weighted by Crippen LogP contribution is -2.44. The molecule has 9 nitrogen and oxygen atoms in total. The monoisotopic (exact) mass is 1240 g/mol. The van der Waals surface area contributed by atoms with E-state index in [-0.39, 0.29) is 32.2 Å². The molecule has 0 aromatic heterocycles. The average molecular weight is 1250 g/mol. The van der Waals surface area contributed by atoms with Crippen LogP contribution in [-0.4, -0.2) is 82.3 Å². The Morgan fingerprint density at radius 1 is 0.348 bits per heavy atom. The molecule has 0 amide bonds. The summed E-state index contributed by atoms with van der Waals surface area (Å²) in [5, 5.41) is 11.8. The number of rotatable bonds is 69. The fraction of sp³-hybridized carbons (Fsp3) is 0.762. The molecule has 0 N–H and O–H groups in total. The van der Waals surface area contributed by atoms with Crippen molar-refractivity contribution in [2.45, 2.75) is 347 Å². The van der Waals surface area contributed by atoms with E-state index in [1.807, 2.05) is 21.1 Å². The zero-order valence-electron chi connectivity index (χ0n) is 58.8. The lowest BCUT2D eigenvalue weighted by Gasteiger charge is -2.26. The number of esters is 2. The van der Waals surface area contributed by atoms with Crippen LogP contribution in [-0.2, 0) is 33.3 Å². The van der Waals surface area contributed by atoms with E-state index in [1.165, 1.54) is 212 Å². The van der Waals surface area contributed by atoms with Gasteiger partial charge in [-0.1, -0.05) is 323 Å². The highest BCUT2D eigenvalue weighted by Gasteiger charge is 2.22. The second-order valence-corrected chi connectivity index (χ2v) is 26.2. The van der Waals surface area contributed by atoms with Crippen molar-refractivity contribution in [2.75, 3.05) is 47.5 Å². The van der Waals surface area contributed by atoms with Crippen LogP contribution in [0.25, 0.3) is 0 Å². The maximum atomic E-state index is 12.9. The molecule has 0 aliphatic heterocycles. The lowest BCUT2D eigenvalue weighted by atomic mass is 10.0. The quantitative estimate of drug-likeness (QED) is 0.0195. The first-order valence-electron chi connectivity index (χ1n) is 37.4. The Hall–Kier alpha value is -3.79. The van der Waals surface area contributed by atoms with E-state index in [1.54, 1.807) is 0 Å². The molecule has 2 atom stereocenters. The normalized spacial score (nSPS) is 13.2. The maximum absolute atomic E-state index is 12.9. The van der Waals surface area contributed by atoms with E-state index < -0.39 is 24.3 Å². The van der Waals surface area contributed by atoms with Gasteiger partial charge in [0.25, 0.3) is 0 Å². The number of unbranched alkanes of at least 4 members (excludes halogenated alkanes) is 38. The smallest absolute Gasteiger partial charge is 0.306 e. The lowest BCUT2D eigenvalue weighted by molar-refractivity contribution is -0.870. The SMILES string of the molecule is CC/C=C\C/C=C\C/C=C\C/C=C\C/C=C\C/C=C\C/C=C\CCCCCCCCCCCC(=O)OC(COC(=O)CCCCCCCCCCCCCCCCCCCCCCC/C=C\CCCCCCCCCC)COC(OCC[N+](C)(C)C)C(=O)[O-]. The van der Waals surface area contributed by atoms with E-state index in [4.69, 9.17) is 18.9 Å². The number of ether oxygens (including phenoxy) is 4. The van der Waals surface area contributed by atoms with Crippen LogP contribution in [0.15, 0.2) is 97.2 Å². The highest BCUT2D eigenvalue weighted by atomic mass is 16.7. The summed E-state index contributed by atoms with van der Waals surface area (Å²) >= 11 is 0. The number of carbonyl (C=O) groups is 3. The molecule has 0 saturated carbocycles. The summed E-state index contributed by atoms with van der Waals surface area (Å²) in [6.07, 6.45) is 93.6. The van der Waals surface area contributed by atoms with Gasteiger partial charge in [0, 0.05) is 12.8 Å². The number of likely N-dealkylation sites (N-methyl/N-ethyl adjacent to an activating group) is 1. The Morgan fingerprint density at radius 3 is 0.966 bits per heavy atom. The molecule has 0 fully saturated rings. The largest absolute Gasteiger partial charge is 0.545 e. The third-order valence-corrected chi connectivity index (χ3v) is 16.3. The third kappa shape index (κ3) is 71.5. The van der Waals surface area contributed by atoms with Gasteiger partial charge in [0.15, 0.2) is 12.4 Å². The van der Waals surface area contributed by atoms with E-state index in [9.17, 15) is 19.5 Å². The van der Waals surface area contributed by atoms with Crippen LogP contribution < -0.4 is 5.11 Å². The van der Waals surface area contributed by atoms with Crippen LogP contribution in [0.1, 0.15) is 335 Å². The summed E-state index contributed by atoms with van der Waals surface area (Å²) in [6, 6.07) is 0. The Kier molecular flexibility index (Phi) is 67.1. The number of nitrogens with zero attached hydrogens (tertiary/aromatic N) is 1. The van der Waals surface area contributed by atoms with Crippen molar-refractivity contribution in [2.24, 2.45) is 0 Å². The molecular weight excluding hydrogens is 1100 g/mol. The summed E-state index contributed by atoms with van der Waals surface area (Å²) in [5.41, 5.74) is 0. The summed E-state index contributed by atoms with van der Waals surface area (Å²) < 4.78 is 22.8. The highest BCUT2D eigenvalue weighted by Crippen LogP contribution is 2.18. The number of quaternary nitrogens is 1. The molecule has 0 aromatic rings. The molecule has 0 spiro atoms. The fourth-order valence-electron chi connectivity index (χ4n) is 10.6. The number of allylic oxidation sites excluding steroid dienone is 16. The van der Waals surface area contributed by atoms with Gasteiger partial charge in [0.05, 0.1) is 40.3 Å². The Bertz CT molecular complexity index is 1790. The van der Waals surface area contributed by atoms with Crippen molar-refractivity contribution in [3.8, 4) is 0 Å². The number of carboxylic acid groups (broad SMARTS) is 1. The van der Waals surface area contributed by atoms with Gasteiger partial charge in [0.1, 0.15) is 13.2 Å². The van der Waals surface area contributed by atoms with Gasteiger partial charge in [-0.2, -0.15) is 0 Å². The van der Waals surface area contributed by atoms with Gasteiger partial charge in [-0.05, 0) is 96.3 Å². The van der Waals surface area contributed by atoms with Gasteiger partial charge in [-0.25, -0.2) is 0 Å². The van der Waals surface area contributed by atoms with Crippen molar-refractivity contribution in [1.29, 1.82) is 0 Å². The van der Waals surface area contributed by atoms with Gasteiger partial charge in [-0.3, -0.25) is 9.59 Å². The summed E-state index contributed by atoms with van der Waals surface area (Å²) in [5.74, 6) is -2.28. The molecule has 9 heteroatoms. The van der Waals surface area contributed by atoms with E-state index in [0.717, 1.165) is 89.9 Å². The Labute approximate surface area is 550 Å². The van der Waals surface area contributed by atoms with Crippen LogP contribution in [0.2, 0.25) is 0 Å². The van der Waals surface area contributed by atoms with Crippen LogP contribution in [0, 0.1) is 0 Å². The fourth-order valence-corrected chi connectivity index (χ4v) is 10.6. The first kappa shape index (κ1) is 85.2. The molecule has 0 aliphatic rings. The molecule has 0 aliphatic carbocycles. The molecule has 0 rings (SSSR count). The molecule has 0 saturated heterocycles. The van der Waals surface area contributed by atoms with Gasteiger partial charge < -0.3 is 33.3 Å². The van der Waals surface area contributed by atoms with Crippen molar-refractivity contribution in [3.63, 3.8) is 0 Å². The van der Waals surface area contributed by atoms with Crippen LogP contribution >= 0.6 is 0 Å². The first-order valence-corrected chi connectivity index (χ1v) is 37.4. The molecule has 0 radical (unpaired) electrons. The van der Waals surface area contributed by atoms with Crippen molar-refractivity contribution < 1.29 is 42.9 Å². The van der Waals surface area contributed by atoms with Crippen LogP contribution in [0.4, 0.5) is 0 Å². The standard InChI is InChI=1S/C80H141NO8/c1-6-8-10-12-14-16-18-20-22-24-26-28-30-32-34-36-38-39-41-42-44-46-48-50-52-54-56-58-60-62-64-66-68-70-77(82)87-74-76(75-88-80(79(84)85)86-73-72-81(3,4)5)89-78(83)71-69-67-65-63-61-59-57-55-53-51-49-47-45-43-40-37-35-33-31-29-27-25-23-21-19-17-15-13-11-9-7-2/h9,11,15,17,21,23-24,26-27,29,33,35,40,43,47,49,76,80H,6-8,10,12-14,16,18-20,22,25,28,30-32,34,36-39,41-42,44-46,48,50-75H2,1-5H3/b11-9-,17-15-,23-21-,26-24-,29-27-,35-33-,43-40-,49-47-. The highest BCUT2D eigenvalue weighted by molar-refractivity contribution is 5.70. The van der Waals surface area contributed by atoms with E-state index in [0.29, 0.717) is 23.9 Å². The Morgan fingerprint density at radius 2 is 0.640 bits per heavy atom. The molecular formula is C80H141NO8. The molecule has 0 heterocycles. The van der Waals surface area contributed by atoms with Gasteiger partial charge in [-0.15, -0.1) is 0 Å². The zero-order chi connectivity index (χ0) is 64.7. The number of hydrogen-bond acceptors (Lipinski definition) is 8. The second-order valence-electron chi connectivity index (χ2n) is 26.2. The predicted octanol–water partition coefficient (Wildman–Crippen LogP) is 22.3. The van der Waals surface area contributed by atoms with Crippen LogP contribution in [0.3, 0.4) is 0 Å². The number of aliphatic carboxylic acids is 1. The summed E-state index contributed by atoms with van der Waals surface area (Å²) in [7, 11) is 5.93. The number of hydrogen-bond donors (Lipinski definition) is 0. The molecule has 514 valence electrons. The van der Waals surface area contributed by atoms with Crippen molar-refractivity contribution in [3.05, 3.63) is 97.2 Å². The van der Waals surface area contributed by atoms with Crippen molar-refractivity contribution >= 4 is 17.9 Å². The zero-order valence-corrected chi connectivity index (χ0v) is 58.8. The van der Waals surface area contributed by atoms with Gasteiger partial charge >= 0.3 is 11.9 Å². The predicted molar refractivity (Wildman–Crippen MR) is 380 cm³/mol. The first-order chi connectivity index (χ1) is 43.6. The van der Waals surface area contributed by atoms with Crippen molar-refractivity contribution in [1.82, 2.24) is 0 Å². The van der Waals surface area contributed by atoms with Crippen LogP contribution in [0.5, 0.6) is 0 Å². The average Bonchev–Trinajstić information content (AvgIpc) is 3.64. The van der Waals surface area contributed by atoms with Gasteiger partial charge in [0.2, 0.25) is 0 Å². The maximum Gasteiger partial charge on any atom is 0.306 e. The second kappa shape index (κ2) is 70.1. The summed E-state index contributed by atoms with van der Waals surface area (Å²) in [6.45, 7) is 4.66. The molecule has 0 bridgehead atoms. The number of carboxylic acids is 1.